The van der Waals surface area contributed by atoms with Crippen LogP contribution in [0, 0.1) is 11.7 Å². The van der Waals surface area contributed by atoms with Crippen molar-refractivity contribution in [2.75, 3.05) is 0 Å². The minimum atomic E-state index is -1.04. The molecule has 1 aromatic carbocycles. The molecule has 1 aliphatic rings. The summed E-state index contributed by atoms with van der Waals surface area (Å²) in [6.07, 6.45) is 3.04. The van der Waals surface area contributed by atoms with Gasteiger partial charge in [-0.1, -0.05) is 19.1 Å². The fourth-order valence-corrected chi connectivity index (χ4v) is 3.14. The Morgan fingerprint density at radius 2 is 2.12 bits per heavy atom. The first kappa shape index (κ1) is 17.1. The topological polar surface area (TPSA) is 84.2 Å². The summed E-state index contributed by atoms with van der Waals surface area (Å²) in [5, 5.41) is 16.1. The van der Waals surface area contributed by atoms with E-state index in [-0.39, 0.29) is 12.3 Å². The number of hydrogen-bond donors (Lipinski definition) is 2. The van der Waals surface area contributed by atoms with Gasteiger partial charge in [0.1, 0.15) is 5.82 Å². The van der Waals surface area contributed by atoms with Crippen molar-refractivity contribution >= 4 is 11.9 Å². The molecule has 0 saturated heterocycles. The average Bonchev–Trinajstić information content (AvgIpc) is 2.97. The number of hydrogen-bond acceptors (Lipinski definition) is 3. The smallest absolute Gasteiger partial charge is 0.305 e. The minimum absolute atomic E-state index is 0.281. The third kappa shape index (κ3) is 3.87. The van der Waals surface area contributed by atoms with Crippen LogP contribution < -0.4 is 5.32 Å². The molecule has 25 heavy (non-hydrogen) atoms. The molecule has 0 spiro atoms. The summed E-state index contributed by atoms with van der Waals surface area (Å²) in [7, 11) is 0. The van der Waals surface area contributed by atoms with Crippen LogP contribution in [0.2, 0.25) is 0 Å². The molecule has 1 amide bonds. The Kier molecular flexibility index (Phi) is 4.83. The quantitative estimate of drug-likeness (QED) is 0.872. The summed E-state index contributed by atoms with van der Waals surface area (Å²) in [6.45, 7) is 2.91. The molecule has 0 bridgehead atoms. The van der Waals surface area contributed by atoms with Gasteiger partial charge in [0.15, 0.2) is 0 Å². The SMILES string of the molecule is CC1CCn2ncc(C(=O)NC(CC(=O)O)c3ccc(F)cc3)c2C1. The van der Waals surface area contributed by atoms with Crippen LogP contribution in [-0.2, 0) is 17.8 Å². The van der Waals surface area contributed by atoms with Crippen LogP contribution in [-0.4, -0.2) is 26.8 Å². The van der Waals surface area contributed by atoms with Gasteiger partial charge in [0, 0.05) is 6.54 Å². The zero-order chi connectivity index (χ0) is 18.0. The highest BCUT2D eigenvalue weighted by molar-refractivity contribution is 5.95. The van der Waals surface area contributed by atoms with Crippen molar-refractivity contribution in [2.24, 2.45) is 5.92 Å². The van der Waals surface area contributed by atoms with Crippen molar-refractivity contribution < 1.29 is 19.1 Å². The van der Waals surface area contributed by atoms with Crippen molar-refractivity contribution in [3.63, 3.8) is 0 Å². The maximum absolute atomic E-state index is 13.1. The van der Waals surface area contributed by atoms with Gasteiger partial charge in [-0.15, -0.1) is 0 Å². The van der Waals surface area contributed by atoms with Gasteiger partial charge in [-0.3, -0.25) is 14.3 Å². The molecule has 3 rings (SSSR count). The molecule has 2 aromatic rings. The van der Waals surface area contributed by atoms with Gasteiger partial charge >= 0.3 is 5.97 Å². The number of amides is 1. The summed E-state index contributed by atoms with van der Waals surface area (Å²) >= 11 is 0. The standard InChI is InChI=1S/C18H20FN3O3/c1-11-6-7-22-16(8-11)14(10-20-22)18(25)21-15(9-17(23)24)12-2-4-13(19)5-3-12/h2-5,10-11,15H,6-9H2,1H3,(H,21,25)(H,23,24). The van der Waals surface area contributed by atoms with Crippen molar-refractivity contribution in [3.05, 3.63) is 53.1 Å². The number of aromatic nitrogens is 2. The molecule has 2 N–H and O–H groups in total. The van der Waals surface area contributed by atoms with E-state index in [0.29, 0.717) is 17.0 Å². The largest absolute Gasteiger partial charge is 0.481 e. The van der Waals surface area contributed by atoms with Crippen LogP contribution in [0.5, 0.6) is 0 Å². The van der Waals surface area contributed by atoms with Gasteiger partial charge in [-0.25, -0.2) is 4.39 Å². The van der Waals surface area contributed by atoms with Crippen LogP contribution in [0.1, 0.15) is 47.4 Å². The van der Waals surface area contributed by atoms with Crippen LogP contribution in [0.25, 0.3) is 0 Å². The van der Waals surface area contributed by atoms with E-state index in [9.17, 15) is 14.0 Å². The third-order valence-electron chi connectivity index (χ3n) is 4.53. The fourth-order valence-electron chi connectivity index (χ4n) is 3.14. The molecule has 132 valence electrons. The molecular formula is C18H20FN3O3. The number of aryl methyl sites for hydroxylation is 1. The lowest BCUT2D eigenvalue weighted by atomic mass is 9.96. The molecule has 0 saturated carbocycles. The Morgan fingerprint density at radius 3 is 2.80 bits per heavy atom. The molecule has 2 unspecified atom stereocenters. The molecule has 2 heterocycles. The van der Waals surface area contributed by atoms with Crippen LogP contribution >= 0.6 is 0 Å². The van der Waals surface area contributed by atoms with Gasteiger partial charge < -0.3 is 10.4 Å². The highest BCUT2D eigenvalue weighted by Gasteiger charge is 2.25. The summed E-state index contributed by atoms with van der Waals surface area (Å²) < 4.78 is 14.9. The molecule has 2 atom stereocenters. The van der Waals surface area contributed by atoms with E-state index in [4.69, 9.17) is 5.11 Å². The Balaban J connectivity index is 1.82. The molecule has 0 radical (unpaired) electrons. The lowest BCUT2D eigenvalue weighted by molar-refractivity contribution is -0.137. The van der Waals surface area contributed by atoms with E-state index in [0.717, 1.165) is 25.1 Å². The number of carboxylic acids is 1. The van der Waals surface area contributed by atoms with Crippen molar-refractivity contribution in [3.8, 4) is 0 Å². The fraction of sp³-hybridized carbons (Fsp3) is 0.389. The van der Waals surface area contributed by atoms with Crippen LogP contribution in [0.15, 0.2) is 30.5 Å². The van der Waals surface area contributed by atoms with E-state index in [2.05, 4.69) is 17.3 Å². The number of benzene rings is 1. The highest BCUT2D eigenvalue weighted by atomic mass is 19.1. The van der Waals surface area contributed by atoms with Crippen molar-refractivity contribution in [1.29, 1.82) is 0 Å². The van der Waals surface area contributed by atoms with Gasteiger partial charge in [-0.2, -0.15) is 5.10 Å². The van der Waals surface area contributed by atoms with E-state index in [1.807, 2.05) is 4.68 Å². The number of carboxylic acid groups (broad SMARTS) is 1. The summed E-state index contributed by atoms with van der Waals surface area (Å²) in [5.74, 6) is -1.34. The second kappa shape index (κ2) is 7.04. The molecular weight excluding hydrogens is 325 g/mol. The van der Waals surface area contributed by atoms with Gasteiger partial charge in [0.05, 0.1) is 29.9 Å². The normalized spacial score (nSPS) is 17.6. The lowest BCUT2D eigenvalue weighted by Crippen LogP contribution is -2.31. The summed E-state index contributed by atoms with van der Waals surface area (Å²) in [6, 6.07) is 4.74. The highest BCUT2D eigenvalue weighted by Crippen LogP contribution is 2.24. The number of aliphatic carboxylic acids is 1. The number of halogens is 1. The van der Waals surface area contributed by atoms with Gasteiger partial charge in [0.25, 0.3) is 5.91 Å². The molecule has 1 aromatic heterocycles. The summed E-state index contributed by atoms with van der Waals surface area (Å²) in [5.41, 5.74) is 1.90. The maximum Gasteiger partial charge on any atom is 0.305 e. The third-order valence-corrected chi connectivity index (χ3v) is 4.53. The predicted octanol–water partition coefficient (Wildman–Crippen LogP) is 2.55. The Hall–Kier alpha value is -2.70. The van der Waals surface area contributed by atoms with Crippen molar-refractivity contribution in [2.45, 2.75) is 38.8 Å². The zero-order valence-corrected chi connectivity index (χ0v) is 13.9. The molecule has 1 aliphatic heterocycles. The Bertz CT molecular complexity index is 785. The second-order valence-electron chi connectivity index (χ2n) is 6.50. The Morgan fingerprint density at radius 1 is 1.40 bits per heavy atom. The van der Waals surface area contributed by atoms with Gasteiger partial charge in [-0.05, 0) is 36.5 Å². The molecule has 7 heteroatoms. The van der Waals surface area contributed by atoms with Crippen molar-refractivity contribution in [1.82, 2.24) is 15.1 Å². The first-order valence-corrected chi connectivity index (χ1v) is 8.27. The number of rotatable bonds is 5. The Labute approximate surface area is 144 Å². The number of carbonyl (C=O) groups excluding carboxylic acids is 1. The summed E-state index contributed by atoms with van der Waals surface area (Å²) in [4.78, 5) is 23.8. The maximum atomic E-state index is 13.1. The first-order valence-electron chi connectivity index (χ1n) is 8.27. The lowest BCUT2D eigenvalue weighted by Gasteiger charge is -2.21. The molecule has 0 aliphatic carbocycles. The number of fused-ring (bicyclic) bond motifs is 1. The zero-order valence-electron chi connectivity index (χ0n) is 13.9. The minimum Gasteiger partial charge on any atom is -0.481 e. The van der Waals surface area contributed by atoms with E-state index in [1.54, 1.807) is 0 Å². The number of nitrogens with zero attached hydrogens (tertiary/aromatic N) is 2. The van der Waals surface area contributed by atoms with Crippen LogP contribution in [0.3, 0.4) is 0 Å². The van der Waals surface area contributed by atoms with E-state index >= 15 is 0 Å². The van der Waals surface area contributed by atoms with Gasteiger partial charge in [0.2, 0.25) is 0 Å². The van der Waals surface area contributed by atoms with E-state index < -0.39 is 17.8 Å². The second-order valence-corrected chi connectivity index (χ2v) is 6.50. The first-order chi connectivity index (χ1) is 11.9. The average molecular weight is 345 g/mol. The number of carbonyl (C=O) groups is 2. The number of nitrogens with one attached hydrogen (secondary N) is 1. The molecule has 0 fully saturated rings. The predicted molar refractivity (Wildman–Crippen MR) is 88.6 cm³/mol. The van der Waals surface area contributed by atoms with E-state index in [1.165, 1.54) is 30.5 Å². The van der Waals surface area contributed by atoms with Crippen LogP contribution in [0.4, 0.5) is 4.39 Å². The molecule has 6 nitrogen and oxygen atoms in total. The monoisotopic (exact) mass is 345 g/mol.